The number of benzene rings is 3. The summed E-state index contributed by atoms with van der Waals surface area (Å²) < 4.78 is 28.8. The molecule has 2 unspecified atom stereocenters. The Morgan fingerprint density at radius 2 is 1.59 bits per heavy atom. The highest BCUT2D eigenvalue weighted by Crippen LogP contribution is 2.30. The van der Waals surface area contributed by atoms with E-state index in [0.717, 1.165) is 4.31 Å². The molecule has 3 aromatic carbocycles. The van der Waals surface area contributed by atoms with Crippen molar-refractivity contribution in [1.29, 1.82) is 0 Å². The Morgan fingerprint density at radius 1 is 0.949 bits per heavy atom. The van der Waals surface area contributed by atoms with Crippen LogP contribution in [-0.2, 0) is 26.2 Å². The van der Waals surface area contributed by atoms with Crippen LogP contribution < -0.4 is 9.62 Å². The maximum absolute atomic E-state index is 14.0. The van der Waals surface area contributed by atoms with Gasteiger partial charge in [-0.1, -0.05) is 72.6 Å². The molecule has 0 aliphatic heterocycles. The minimum absolute atomic E-state index is 0.0152. The third-order valence-corrected chi connectivity index (χ3v) is 8.89. The van der Waals surface area contributed by atoms with Crippen LogP contribution in [0.3, 0.4) is 0 Å². The Balaban J connectivity index is 2.07. The molecule has 0 aliphatic carbocycles. The molecule has 7 nitrogen and oxygen atoms in total. The first-order chi connectivity index (χ1) is 18.4. The molecule has 0 heterocycles. The van der Waals surface area contributed by atoms with Crippen LogP contribution in [0.5, 0.6) is 0 Å². The first kappa shape index (κ1) is 30.5. The number of hydrogen-bond acceptors (Lipinski definition) is 4. The normalized spacial score (nSPS) is 12.9. The van der Waals surface area contributed by atoms with Gasteiger partial charge in [-0.05, 0) is 68.7 Å². The van der Waals surface area contributed by atoms with Crippen molar-refractivity contribution in [3.8, 4) is 0 Å². The number of carbonyl (C=O) groups is 2. The number of anilines is 1. The number of sulfonamides is 1. The second kappa shape index (κ2) is 13.3. The maximum Gasteiger partial charge on any atom is 0.264 e. The van der Waals surface area contributed by atoms with Gasteiger partial charge >= 0.3 is 0 Å². The van der Waals surface area contributed by atoms with E-state index in [9.17, 15) is 18.0 Å². The lowest BCUT2D eigenvalue weighted by molar-refractivity contribution is -0.139. The average Bonchev–Trinajstić information content (AvgIpc) is 2.92. The number of halogens is 2. The summed E-state index contributed by atoms with van der Waals surface area (Å²) in [6.07, 6.45) is 0.716. The summed E-state index contributed by atoms with van der Waals surface area (Å²) in [4.78, 5) is 28.5. The Bertz CT molecular complexity index is 1420. The second-order valence-corrected chi connectivity index (χ2v) is 12.1. The fraction of sp³-hybridized carbons (Fsp3) is 0.310. The number of aryl methyl sites for hydroxylation is 1. The third kappa shape index (κ3) is 7.53. The van der Waals surface area contributed by atoms with E-state index in [4.69, 9.17) is 23.2 Å². The van der Waals surface area contributed by atoms with E-state index in [1.165, 1.54) is 23.1 Å². The molecule has 0 spiro atoms. The van der Waals surface area contributed by atoms with Crippen molar-refractivity contribution in [2.75, 3.05) is 10.8 Å². The Hall–Kier alpha value is -3.07. The molecule has 10 heteroatoms. The number of nitrogens with one attached hydrogen (secondary N) is 1. The predicted molar refractivity (Wildman–Crippen MR) is 157 cm³/mol. The van der Waals surface area contributed by atoms with Gasteiger partial charge in [0, 0.05) is 22.6 Å². The predicted octanol–water partition coefficient (Wildman–Crippen LogP) is 5.83. The lowest BCUT2D eigenvalue weighted by Crippen LogP contribution is -2.52. The van der Waals surface area contributed by atoms with Gasteiger partial charge in [-0.25, -0.2) is 8.42 Å². The molecule has 3 aromatic rings. The van der Waals surface area contributed by atoms with E-state index in [0.29, 0.717) is 27.6 Å². The molecule has 0 radical (unpaired) electrons. The summed E-state index contributed by atoms with van der Waals surface area (Å²) in [5.74, 6) is -0.915. The fourth-order valence-electron chi connectivity index (χ4n) is 3.94. The molecule has 3 rings (SSSR count). The molecule has 0 bridgehead atoms. The smallest absolute Gasteiger partial charge is 0.264 e. The van der Waals surface area contributed by atoms with Crippen LogP contribution in [0.4, 0.5) is 5.69 Å². The number of rotatable bonds is 11. The maximum atomic E-state index is 14.0. The summed E-state index contributed by atoms with van der Waals surface area (Å²) >= 11 is 12.6. The summed E-state index contributed by atoms with van der Waals surface area (Å²) in [5.41, 5.74) is 1.52. The van der Waals surface area contributed by atoms with Crippen molar-refractivity contribution in [1.82, 2.24) is 10.2 Å². The van der Waals surface area contributed by atoms with E-state index < -0.39 is 28.5 Å². The van der Waals surface area contributed by atoms with Crippen molar-refractivity contribution in [3.05, 3.63) is 94.0 Å². The van der Waals surface area contributed by atoms with Crippen molar-refractivity contribution < 1.29 is 18.0 Å². The molecule has 0 aliphatic rings. The van der Waals surface area contributed by atoms with Gasteiger partial charge in [0.05, 0.1) is 10.6 Å². The van der Waals surface area contributed by atoms with Gasteiger partial charge in [-0.3, -0.25) is 13.9 Å². The van der Waals surface area contributed by atoms with Gasteiger partial charge in [-0.15, -0.1) is 0 Å². The zero-order chi connectivity index (χ0) is 28.7. The molecule has 1 N–H and O–H groups in total. The van der Waals surface area contributed by atoms with E-state index in [2.05, 4.69) is 5.32 Å². The van der Waals surface area contributed by atoms with E-state index >= 15 is 0 Å². The number of carbonyl (C=O) groups excluding carboxylic acids is 2. The largest absolute Gasteiger partial charge is 0.352 e. The highest BCUT2D eigenvalue weighted by atomic mass is 35.5. The number of hydrogen-bond donors (Lipinski definition) is 1. The van der Waals surface area contributed by atoms with Gasteiger partial charge < -0.3 is 10.2 Å². The van der Waals surface area contributed by atoms with Crippen molar-refractivity contribution in [3.63, 3.8) is 0 Å². The van der Waals surface area contributed by atoms with E-state index in [1.54, 1.807) is 68.4 Å². The third-order valence-electron chi connectivity index (χ3n) is 6.52. The average molecular weight is 591 g/mol. The van der Waals surface area contributed by atoms with Crippen LogP contribution in [-0.4, -0.2) is 43.8 Å². The van der Waals surface area contributed by atoms with Gasteiger partial charge in [-0.2, -0.15) is 0 Å². The molecular formula is C29H33Cl2N3O4S. The number of nitrogens with zero attached hydrogens (tertiary/aromatic N) is 2. The zero-order valence-electron chi connectivity index (χ0n) is 22.4. The Kier molecular flexibility index (Phi) is 10.4. The van der Waals surface area contributed by atoms with E-state index in [1.807, 2.05) is 13.8 Å². The summed E-state index contributed by atoms with van der Waals surface area (Å²) in [6, 6.07) is 18.8. The van der Waals surface area contributed by atoms with Crippen LogP contribution in [0.1, 0.15) is 38.3 Å². The molecule has 0 saturated carbocycles. The molecule has 39 heavy (non-hydrogen) atoms. The summed E-state index contributed by atoms with van der Waals surface area (Å²) in [7, 11) is -4.17. The highest BCUT2D eigenvalue weighted by molar-refractivity contribution is 7.92. The Labute approximate surface area is 240 Å². The van der Waals surface area contributed by atoms with Crippen LogP contribution >= 0.6 is 23.2 Å². The van der Waals surface area contributed by atoms with Gasteiger partial charge in [0.2, 0.25) is 11.8 Å². The van der Waals surface area contributed by atoms with Crippen LogP contribution in [0, 0.1) is 6.92 Å². The SMILES string of the molecule is CCC(C)NC(=O)C(C)N(Cc1ccccc1Cl)C(=O)CN(c1cc(Cl)ccc1C)S(=O)(=O)c1ccccc1. The lowest BCUT2D eigenvalue weighted by atomic mass is 10.1. The van der Waals surface area contributed by atoms with Gasteiger partial charge in [0.1, 0.15) is 12.6 Å². The second-order valence-electron chi connectivity index (χ2n) is 9.36. The topological polar surface area (TPSA) is 86.8 Å². The van der Waals surface area contributed by atoms with Gasteiger partial charge in [0.25, 0.3) is 10.0 Å². The minimum Gasteiger partial charge on any atom is -0.352 e. The van der Waals surface area contributed by atoms with Crippen molar-refractivity contribution in [2.45, 2.75) is 57.6 Å². The molecular weight excluding hydrogens is 557 g/mol. The molecule has 2 atom stereocenters. The van der Waals surface area contributed by atoms with Crippen molar-refractivity contribution >= 4 is 50.7 Å². The lowest BCUT2D eigenvalue weighted by Gasteiger charge is -2.33. The molecule has 0 saturated heterocycles. The van der Waals surface area contributed by atoms with Gasteiger partial charge in [0.15, 0.2) is 0 Å². The molecule has 2 amide bonds. The quantitative estimate of drug-likeness (QED) is 0.305. The van der Waals surface area contributed by atoms with E-state index in [-0.39, 0.29) is 29.1 Å². The fourth-order valence-corrected chi connectivity index (χ4v) is 5.80. The molecule has 0 fully saturated rings. The highest BCUT2D eigenvalue weighted by Gasteiger charge is 2.33. The summed E-state index contributed by atoms with van der Waals surface area (Å²) in [5, 5.41) is 3.67. The Morgan fingerprint density at radius 3 is 2.23 bits per heavy atom. The van der Waals surface area contributed by atoms with Crippen LogP contribution in [0.2, 0.25) is 10.0 Å². The van der Waals surface area contributed by atoms with Crippen LogP contribution in [0.15, 0.2) is 77.7 Å². The van der Waals surface area contributed by atoms with Crippen LogP contribution in [0.25, 0.3) is 0 Å². The zero-order valence-corrected chi connectivity index (χ0v) is 24.7. The van der Waals surface area contributed by atoms with Crippen molar-refractivity contribution in [2.24, 2.45) is 0 Å². The first-order valence-electron chi connectivity index (χ1n) is 12.6. The molecule has 0 aromatic heterocycles. The standard InChI is InChI=1S/C29H33Cl2N3O4S/c1-5-21(3)32-29(36)22(4)33(18-23-11-9-10-14-26(23)31)28(35)19-34(27-17-24(30)16-15-20(27)2)39(37,38)25-12-7-6-8-13-25/h6-17,21-22H,5,18-19H2,1-4H3,(H,32,36). The first-order valence-corrected chi connectivity index (χ1v) is 14.8. The summed E-state index contributed by atoms with van der Waals surface area (Å²) in [6.45, 7) is 6.65. The monoisotopic (exact) mass is 589 g/mol. The number of amides is 2. The molecule has 208 valence electrons. The minimum atomic E-state index is -4.17.